The molecule has 3 aromatic rings. The van der Waals surface area contributed by atoms with Crippen LogP contribution in [0.3, 0.4) is 0 Å². The zero-order valence-electron chi connectivity index (χ0n) is 18.5. The summed E-state index contributed by atoms with van der Waals surface area (Å²) in [5.41, 5.74) is 3.36. The zero-order valence-corrected chi connectivity index (χ0v) is 18.5. The van der Waals surface area contributed by atoms with Crippen LogP contribution in [0.15, 0.2) is 48.5 Å². The van der Waals surface area contributed by atoms with Gasteiger partial charge in [0.25, 0.3) is 0 Å². The van der Waals surface area contributed by atoms with E-state index in [-0.39, 0.29) is 11.7 Å². The Bertz CT molecular complexity index is 1120. The van der Waals surface area contributed by atoms with Crippen LogP contribution in [0, 0.1) is 12.8 Å². The van der Waals surface area contributed by atoms with Gasteiger partial charge < -0.3 is 14.6 Å². The predicted molar refractivity (Wildman–Crippen MR) is 118 cm³/mol. The van der Waals surface area contributed by atoms with Crippen molar-refractivity contribution in [3.63, 3.8) is 0 Å². The maximum Gasteiger partial charge on any atom is 0.161 e. The van der Waals surface area contributed by atoms with Crippen molar-refractivity contribution in [1.82, 2.24) is 9.78 Å². The fourth-order valence-corrected chi connectivity index (χ4v) is 4.98. The lowest BCUT2D eigenvalue weighted by Crippen LogP contribution is -2.48. The predicted octanol–water partition coefficient (Wildman–Crippen LogP) is 3.84. The van der Waals surface area contributed by atoms with Crippen molar-refractivity contribution in [2.24, 2.45) is 5.92 Å². The molecule has 2 aromatic carbocycles. The highest BCUT2D eigenvalue weighted by molar-refractivity contribution is 5.82. The van der Waals surface area contributed by atoms with Crippen molar-refractivity contribution in [2.75, 3.05) is 14.2 Å². The van der Waals surface area contributed by atoms with Crippen molar-refractivity contribution in [3.05, 3.63) is 71.0 Å². The zero-order chi connectivity index (χ0) is 22.3. The van der Waals surface area contributed by atoms with Gasteiger partial charge in [0.1, 0.15) is 5.78 Å². The molecule has 3 atom stereocenters. The second kappa shape index (κ2) is 7.85. The van der Waals surface area contributed by atoms with E-state index < -0.39 is 11.5 Å². The molecule has 0 spiro atoms. The average Bonchev–Trinajstić information content (AvgIpc) is 3.07. The largest absolute Gasteiger partial charge is 0.493 e. The van der Waals surface area contributed by atoms with Gasteiger partial charge in [-0.3, -0.25) is 4.79 Å². The Labute approximate surface area is 182 Å². The fourth-order valence-electron chi connectivity index (χ4n) is 4.98. The maximum atomic E-state index is 12.8. The van der Waals surface area contributed by atoms with Crippen LogP contribution in [0.2, 0.25) is 0 Å². The molecule has 0 bridgehead atoms. The van der Waals surface area contributed by atoms with E-state index in [9.17, 15) is 9.90 Å². The standard InChI is InChI=1S/C25H28N2O4/c1-15-22-19(26-27(15)18-9-7-6-8-10-18)14-25(3,29)24(16(2)28)23(22)17-11-12-20(30-4)21(13-17)31-5/h6-13,23-24,29H,14H2,1-5H3/t23-,24-,25-/m1/s1. The lowest BCUT2D eigenvalue weighted by molar-refractivity contribution is -0.130. The smallest absolute Gasteiger partial charge is 0.161 e. The van der Waals surface area contributed by atoms with Gasteiger partial charge in [-0.1, -0.05) is 24.3 Å². The van der Waals surface area contributed by atoms with E-state index in [1.54, 1.807) is 28.1 Å². The van der Waals surface area contributed by atoms with E-state index in [0.29, 0.717) is 17.9 Å². The first kappa shape index (κ1) is 21.1. The van der Waals surface area contributed by atoms with Crippen molar-refractivity contribution >= 4 is 5.78 Å². The normalized spacial score (nSPS) is 22.6. The molecule has 0 unspecified atom stereocenters. The van der Waals surface area contributed by atoms with Gasteiger partial charge in [-0.15, -0.1) is 0 Å². The number of ether oxygens (including phenoxy) is 2. The number of ketones is 1. The summed E-state index contributed by atoms with van der Waals surface area (Å²) in [7, 11) is 3.18. The van der Waals surface area contributed by atoms with Gasteiger partial charge in [-0.05, 0) is 50.6 Å². The lowest BCUT2D eigenvalue weighted by atomic mass is 9.64. The average molecular weight is 421 g/mol. The number of carbonyl (C=O) groups excluding carboxylic acids is 1. The summed E-state index contributed by atoms with van der Waals surface area (Å²) in [5, 5.41) is 16.2. The van der Waals surface area contributed by atoms with Gasteiger partial charge in [-0.2, -0.15) is 5.10 Å². The molecule has 1 aliphatic carbocycles. The number of para-hydroxylation sites is 1. The molecule has 1 heterocycles. The highest BCUT2D eigenvalue weighted by Gasteiger charge is 2.49. The molecule has 162 valence electrons. The highest BCUT2D eigenvalue weighted by atomic mass is 16.5. The monoisotopic (exact) mass is 420 g/mol. The Morgan fingerprint density at radius 2 is 1.81 bits per heavy atom. The summed E-state index contributed by atoms with van der Waals surface area (Å²) in [4.78, 5) is 12.8. The minimum absolute atomic E-state index is 0.0534. The molecule has 0 fully saturated rings. The van der Waals surface area contributed by atoms with Crippen LogP contribution in [-0.4, -0.2) is 40.5 Å². The number of rotatable bonds is 5. The van der Waals surface area contributed by atoms with Crippen LogP contribution in [0.5, 0.6) is 11.5 Å². The Morgan fingerprint density at radius 1 is 1.13 bits per heavy atom. The van der Waals surface area contributed by atoms with Gasteiger partial charge in [0.05, 0.1) is 37.1 Å². The van der Waals surface area contributed by atoms with Gasteiger partial charge in [0.2, 0.25) is 0 Å². The number of benzene rings is 2. The number of nitrogens with zero attached hydrogens (tertiary/aromatic N) is 2. The number of methoxy groups -OCH3 is 2. The number of hydrogen-bond acceptors (Lipinski definition) is 5. The van der Waals surface area contributed by atoms with Crippen LogP contribution < -0.4 is 9.47 Å². The Kier molecular flexibility index (Phi) is 5.35. The van der Waals surface area contributed by atoms with Crippen molar-refractivity contribution in [1.29, 1.82) is 0 Å². The SMILES string of the molecule is COc1ccc([C@@H]2c3c(nn(-c4ccccc4)c3C)C[C@@](C)(O)[C@@H]2C(C)=O)cc1OC. The number of carbonyl (C=O) groups is 1. The second-order valence-corrected chi connectivity index (χ2v) is 8.41. The molecule has 6 heteroatoms. The van der Waals surface area contributed by atoms with Crippen LogP contribution in [-0.2, 0) is 11.2 Å². The van der Waals surface area contributed by atoms with Gasteiger partial charge in [0.15, 0.2) is 11.5 Å². The van der Waals surface area contributed by atoms with Crippen molar-refractivity contribution in [2.45, 2.75) is 38.7 Å². The Morgan fingerprint density at radius 3 is 2.42 bits per heavy atom. The van der Waals surface area contributed by atoms with E-state index in [2.05, 4.69) is 0 Å². The molecule has 1 aromatic heterocycles. The van der Waals surface area contributed by atoms with Gasteiger partial charge >= 0.3 is 0 Å². The first-order valence-corrected chi connectivity index (χ1v) is 10.4. The van der Waals surface area contributed by atoms with Crippen LogP contribution >= 0.6 is 0 Å². The minimum Gasteiger partial charge on any atom is -0.493 e. The van der Waals surface area contributed by atoms with Crippen molar-refractivity contribution < 1.29 is 19.4 Å². The molecule has 0 radical (unpaired) electrons. The van der Waals surface area contributed by atoms with Gasteiger partial charge in [0, 0.05) is 23.6 Å². The fraction of sp³-hybridized carbons (Fsp3) is 0.360. The summed E-state index contributed by atoms with van der Waals surface area (Å²) in [6.45, 7) is 5.30. The number of aromatic nitrogens is 2. The molecule has 0 amide bonds. The summed E-state index contributed by atoms with van der Waals surface area (Å²) >= 11 is 0. The summed E-state index contributed by atoms with van der Waals surface area (Å²) < 4.78 is 12.8. The van der Waals surface area contributed by atoms with Crippen molar-refractivity contribution in [3.8, 4) is 17.2 Å². The Hall–Kier alpha value is -3.12. The number of hydrogen-bond donors (Lipinski definition) is 1. The molecule has 0 aliphatic heterocycles. The maximum absolute atomic E-state index is 12.8. The van der Waals surface area contributed by atoms with Crippen LogP contribution in [0.1, 0.15) is 42.3 Å². The third-order valence-electron chi connectivity index (χ3n) is 6.28. The summed E-state index contributed by atoms with van der Waals surface area (Å²) in [6, 6.07) is 15.6. The highest BCUT2D eigenvalue weighted by Crippen LogP contribution is 2.48. The molecule has 6 nitrogen and oxygen atoms in total. The molecular formula is C25H28N2O4. The van der Waals surface area contributed by atoms with E-state index in [1.165, 1.54) is 0 Å². The third-order valence-corrected chi connectivity index (χ3v) is 6.28. The number of Topliss-reactive ketones (excluding diaryl/α,β-unsaturated/α-hetero) is 1. The molecule has 0 saturated carbocycles. The van der Waals surface area contributed by atoms with Crippen LogP contribution in [0.4, 0.5) is 0 Å². The van der Waals surface area contributed by atoms with E-state index >= 15 is 0 Å². The van der Waals surface area contributed by atoms with Gasteiger partial charge in [-0.25, -0.2) is 4.68 Å². The lowest BCUT2D eigenvalue weighted by Gasteiger charge is -2.41. The number of fused-ring (bicyclic) bond motifs is 1. The molecule has 1 N–H and O–H groups in total. The quantitative estimate of drug-likeness (QED) is 0.679. The third kappa shape index (κ3) is 3.51. The minimum atomic E-state index is -1.22. The van der Waals surface area contributed by atoms with E-state index in [4.69, 9.17) is 14.6 Å². The molecule has 4 rings (SSSR count). The Balaban J connectivity index is 1.96. The van der Waals surface area contributed by atoms with E-state index in [1.807, 2.05) is 60.1 Å². The topological polar surface area (TPSA) is 73.6 Å². The summed E-state index contributed by atoms with van der Waals surface area (Å²) in [6.07, 6.45) is 0.317. The first-order valence-electron chi connectivity index (χ1n) is 10.4. The first-order chi connectivity index (χ1) is 14.8. The molecule has 0 saturated heterocycles. The molecule has 1 aliphatic rings. The summed E-state index contributed by atoms with van der Waals surface area (Å²) in [5.74, 6) is 0.188. The van der Waals surface area contributed by atoms with Crippen LogP contribution in [0.25, 0.3) is 5.69 Å². The molecular weight excluding hydrogens is 392 g/mol. The molecule has 31 heavy (non-hydrogen) atoms. The second-order valence-electron chi connectivity index (χ2n) is 8.41. The number of aliphatic hydroxyl groups is 1. The van der Waals surface area contributed by atoms with E-state index in [0.717, 1.165) is 28.2 Å².